The van der Waals surface area contributed by atoms with Crippen LogP contribution in [0.4, 0.5) is 0 Å². The van der Waals surface area contributed by atoms with Crippen LogP contribution in [-0.2, 0) is 0 Å². The van der Waals surface area contributed by atoms with Crippen molar-refractivity contribution in [2.24, 2.45) is 0 Å². The van der Waals surface area contributed by atoms with Gasteiger partial charge in [0.05, 0.1) is 12.1 Å². The number of rotatable bonds is 3. The van der Waals surface area contributed by atoms with Crippen molar-refractivity contribution in [2.75, 3.05) is 7.11 Å². The maximum atomic E-state index is 5.96. The summed E-state index contributed by atoms with van der Waals surface area (Å²) in [4.78, 5) is 11.4. The fraction of sp³-hybridized carbons (Fsp3) is 0.100. The molecule has 0 aliphatic rings. The van der Waals surface area contributed by atoms with Gasteiger partial charge >= 0.3 is 12.0 Å². The van der Waals surface area contributed by atoms with Crippen molar-refractivity contribution in [1.82, 2.24) is 15.0 Å². The number of nitrogens with zero attached hydrogens (tertiary/aromatic N) is 3. The molecule has 0 saturated carbocycles. The Hall–Kier alpha value is -1.30. The molecule has 94 valence electrons. The van der Waals surface area contributed by atoms with Crippen LogP contribution in [0.5, 0.6) is 17.8 Å². The van der Waals surface area contributed by atoms with Crippen LogP contribution in [0.3, 0.4) is 0 Å². The van der Waals surface area contributed by atoms with Crippen LogP contribution in [0.2, 0.25) is 15.3 Å². The van der Waals surface area contributed by atoms with Gasteiger partial charge in [0, 0.05) is 0 Å². The first kappa shape index (κ1) is 13.1. The highest BCUT2D eigenvalue weighted by molar-refractivity contribution is 6.42. The molecule has 2 aromatic rings. The van der Waals surface area contributed by atoms with Gasteiger partial charge in [-0.05, 0) is 23.7 Å². The molecule has 0 spiro atoms. The third-order valence-electron chi connectivity index (χ3n) is 1.87. The van der Waals surface area contributed by atoms with E-state index in [9.17, 15) is 0 Å². The van der Waals surface area contributed by atoms with Crippen molar-refractivity contribution in [3.8, 4) is 17.8 Å². The first-order valence-electron chi connectivity index (χ1n) is 4.67. The number of halogens is 3. The van der Waals surface area contributed by atoms with Crippen LogP contribution in [0.25, 0.3) is 0 Å². The van der Waals surface area contributed by atoms with Gasteiger partial charge in [-0.2, -0.15) is 9.97 Å². The van der Waals surface area contributed by atoms with Gasteiger partial charge in [-0.1, -0.05) is 29.3 Å². The van der Waals surface area contributed by atoms with E-state index in [0.717, 1.165) is 0 Å². The van der Waals surface area contributed by atoms with Crippen LogP contribution in [-0.4, -0.2) is 22.1 Å². The summed E-state index contributed by atoms with van der Waals surface area (Å²) >= 11 is 17.5. The van der Waals surface area contributed by atoms with Crippen molar-refractivity contribution in [1.29, 1.82) is 0 Å². The molecule has 1 aromatic carbocycles. The summed E-state index contributed by atoms with van der Waals surface area (Å²) in [5.41, 5.74) is 0. The van der Waals surface area contributed by atoms with E-state index in [-0.39, 0.29) is 22.3 Å². The molecular formula is C10H6Cl3N3O2. The fourth-order valence-electron chi connectivity index (χ4n) is 1.11. The van der Waals surface area contributed by atoms with Gasteiger partial charge in [-0.3, -0.25) is 0 Å². The summed E-state index contributed by atoms with van der Waals surface area (Å²) in [7, 11) is 1.40. The molecule has 0 amide bonds. The number of ether oxygens (including phenoxy) is 2. The summed E-state index contributed by atoms with van der Waals surface area (Å²) in [5, 5.41) is 0.575. The predicted molar refractivity (Wildman–Crippen MR) is 67.9 cm³/mol. The van der Waals surface area contributed by atoms with E-state index in [1.807, 2.05) is 0 Å². The molecule has 0 aliphatic carbocycles. The van der Waals surface area contributed by atoms with E-state index in [0.29, 0.717) is 10.8 Å². The molecule has 5 nitrogen and oxygen atoms in total. The number of benzene rings is 1. The van der Waals surface area contributed by atoms with Gasteiger partial charge in [0.1, 0.15) is 5.02 Å². The molecule has 0 unspecified atom stereocenters. The van der Waals surface area contributed by atoms with Crippen molar-refractivity contribution in [3.63, 3.8) is 0 Å². The third-order valence-corrected chi connectivity index (χ3v) is 2.84. The topological polar surface area (TPSA) is 57.1 Å². The quantitative estimate of drug-likeness (QED) is 0.866. The lowest BCUT2D eigenvalue weighted by atomic mass is 10.3. The van der Waals surface area contributed by atoms with Gasteiger partial charge in [0.2, 0.25) is 5.28 Å². The fourth-order valence-corrected chi connectivity index (χ4v) is 1.59. The van der Waals surface area contributed by atoms with Gasteiger partial charge < -0.3 is 9.47 Å². The molecule has 2 rings (SSSR count). The molecular weight excluding hydrogens is 300 g/mol. The first-order chi connectivity index (χ1) is 8.60. The smallest absolute Gasteiger partial charge is 0.329 e. The molecule has 8 heteroatoms. The van der Waals surface area contributed by atoms with E-state index in [1.54, 1.807) is 18.2 Å². The Balaban J connectivity index is 2.34. The van der Waals surface area contributed by atoms with E-state index >= 15 is 0 Å². The van der Waals surface area contributed by atoms with Crippen LogP contribution in [0.1, 0.15) is 0 Å². The Morgan fingerprint density at radius 2 is 1.72 bits per heavy atom. The second kappa shape index (κ2) is 5.56. The zero-order chi connectivity index (χ0) is 13.1. The number of hydrogen-bond acceptors (Lipinski definition) is 5. The Morgan fingerprint density at radius 3 is 2.44 bits per heavy atom. The lowest BCUT2D eigenvalue weighted by Gasteiger charge is -2.07. The molecule has 0 bridgehead atoms. The maximum absolute atomic E-state index is 5.96. The minimum absolute atomic E-state index is 0.0315. The summed E-state index contributed by atoms with van der Waals surface area (Å²) in [6.45, 7) is 0. The van der Waals surface area contributed by atoms with Crippen molar-refractivity contribution in [3.05, 3.63) is 33.5 Å². The Morgan fingerprint density at radius 1 is 1.00 bits per heavy atom. The predicted octanol–water partition coefficient (Wildman–Crippen LogP) is 3.63. The molecule has 1 aromatic heterocycles. The maximum Gasteiger partial charge on any atom is 0.329 e. The van der Waals surface area contributed by atoms with Gasteiger partial charge in [-0.15, -0.1) is 4.98 Å². The van der Waals surface area contributed by atoms with E-state index in [2.05, 4.69) is 15.0 Å². The Kier molecular flexibility index (Phi) is 4.06. The largest absolute Gasteiger partial charge is 0.467 e. The molecule has 0 N–H and O–H groups in total. The lowest BCUT2D eigenvalue weighted by Crippen LogP contribution is -1.98. The zero-order valence-corrected chi connectivity index (χ0v) is 11.3. The number of methoxy groups -OCH3 is 1. The SMILES string of the molecule is COc1nc(Cl)nc(Oc2cccc(Cl)c2Cl)n1. The third kappa shape index (κ3) is 2.93. The van der Waals surface area contributed by atoms with E-state index in [1.165, 1.54) is 7.11 Å². The number of aromatic nitrogens is 3. The lowest BCUT2D eigenvalue weighted by molar-refractivity contribution is 0.359. The van der Waals surface area contributed by atoms with Gasteiger partial charge in [0.25, 0.3) is 0 Å². The van der Waals surface area contributed by atoms with E-state index < -0.39 is 0 Å². The molecule has 0 aliphatic heterocycles. The normalized spacial score (nSPS) is 10.2. The van der Waals surface area contributed by atoms with Crippen molar-refractivity contribution >= 4 is 34.8 Å². The minimum Gasteiger partial charge on any atom is -0.467 e. The monoisotopic (exact) mass is 305 g/mol. The van der Waals surface area contributed by atoms with E-state index in [4.69, 9.17) is 44.3 Å². The average Bonchev–Trinajstić information content (AvgIpc) is 2.34. The first-order valence-corrected chi connectivity index (χ1v) is 5.81. The van der Waals surface area contributed by atoms with Gasteiger partial charge in [-0.25, -0.2) is 0 Å². The standard InChI is InChI=1S/C10H6Cl3N3O2/c1-17-9-14-8(13)15-10(16-9)18-6-4-2-3-5(11)7(6)12/h2-4H,1H3. The molecule has 0 radical (unpaired) electrons. The van der Waals surface area contributed by atoms with Crippen LogP contribution < -0.4 is 9.47 Å². The van der Waals surface area contributed by atoms with Crippen LogP contribution >= 0.6 is 34.8 Å². The molecule has 0 saturated heterocycles. The molecule has 0 fully saturated rings. The molecule has 0 atom stereocenters. The van der Waals surface area contributed by atoms with Crippen LogP contribution in [0, 0.1) is 0 Å². The summed E-state index contributed by atoms with van der Waals surface area (Å²) in [5.74, 6) is 0.313. The summed E-state index contributed by atoms with van der Waals surface area (Å²) in [6.07, 6.45) is 0. The van der Waals surface area contributed by atoms with Crippen molar-refractivity contribution < 1.29 is 9.47 Å². The summed E-state index contributed by atoms with van der Waals surface area (Å²) < 4.78 is 10.2. The molecule has 1 heterocycles. The second-order valence-corrected chi connectivity index (χ2v) is 4.15. The highest BCUT2D eigenvalue weighted by atomic mass is 35.5. The minimum atomic E-state index is -0.0463. The number of hydrogen-bond donors (Lipinski definition) is 0. The highest BCUT2D eigenvalue weighted by Gasteiger charge is 2.11. The summed E-state index contributed by atoms with van der Waals surface area (Å²) in [6, 6.07) is 4.96. The van der Waals surface area contributed by atoms with Gasteiger partial charge in [0.15, 0.2) is 5.75 Å². The second-order valence-electron chi connectivity index (χ2n) is 3.03. The Labute approximate surface area is 118 Å². The average molecular weight is 307 g/mol. The Bertz CT molecular complexity index is 580. The van der Waals surface area contributed by atoms with Crippen LogP contribution in [0.15, 0.2) is 18.2 Å². The van der Waals surface area contributed by atoms with Crippen molar-refractivity contribution in [2.45, 2.75) is 0 Å². The zero-order valence-electron chi connectivity index (χ0n) is 9.02. The molecule has 18 heavy (non-hydrogen) atoms. The highest BCUT2D eigenvalue weighted by Crippen LogP contribution is 2.33.